The number of hydrogen-bond donors (Lipinski definition) is 3. The molecule has 4 aliphatic rings. The number of aliphatic hydroxyl groups excluding tert-OH is 1. The summed E-state index contributed by atoms with van der Waals surface area (Å²) >= 11 is 6.38. The van der Waals surface area contributed by atoms with Crippen LogP contribution in [0.2, 0.25) is 5.02 Å². The summed E-state index contributed by atoms with van der Waals surface area (Å²) in [6, 6.07) is 11.1. The third-order valence-electron chi connectivity index (χ3n) is 10.0. The fraction of sp³-hybridized carbons (Fsp3) is 0.515. The predicted molar refractivity (Wildman–Crippen MR) is 160 cm³/mol. The topological polar surface area (TPSA) is 111 Å². The molecule has 2 aromatic carbocycles. The maximum atomic E-state index is 13.1. The van der Waals surface area contributed by atoms with Crippen LogP contribution in [0.15, 0.2) is 48.6 Å². The van der Waals surface area contributed by atoms with Gasteiger partial charge in [0.1, 0.15) is 5.75 Å². The highest BCUT2D eigenvalue weighted by Crippen LogP contribution is 2.47. The van der Waals surface area contributed by atoms with Crippen molar-refractivity contribution in [3.63, 3.8) is 0 Å². The number of hydrogen-bond acceptors (Lipinski definition) is 6. The van der Waals surface area contributed by atoms with Crippen molar-refractivity contribution in [3.8, 4) is 5.75 Å². The summed E-state index contributed by atoms with van der Waals surface area (Å²) in [4.78, 5) is 29.3. The van der Waals surface area contributed by atoms with Crippen molar-refractivity contribution >= 4 is 29.2 Å². The fourth-order valence-corrected chi connectivity index (χ4v) is 7.55. The number of rotatable bonds is 1. The molecule has 1 spiro atoms. The summed E-state index contributed by atoms with van der Waals surface area (Å²) in [6.07, 6.45) is 7.86. The van der Waals surface area contributed by atoms with Gasteiger partial charge in [0, 0.05) is 37.1 Å². The standard InChI is InChI=1S/C33H39ClN2O6/c1-35-14-3-2-6-28(37)25-10-7-22(25)18-36-19-32(13-4-5-21-15-24(34)9-11-26(21)32)20-42-29-12-8-23(16-27(29)36)33(41,31(39)40)17-30(35)38/h2,6,8-9,11-12,15-16,22,25,28,37,41H,3-5,7,10,13-14,17-20H2,1H3,(H,39,40)/b6-2+/t22-,25+,28?,32-,33+/m0/s1. The van der Waals surface area contributed by atoms with Crippen molar-refractivity contribution in [2.24, 2.45) is 11.8 Å². The average molecular weight is 595 g/mol. The van der Waals surface area contributed by atoms with E-state index < -0.39 is 30.0 Å². The maximum absolute atomic E-state index is 13.1. The maximum Gasteiger partial charge on any atom is 0.340 e. The molecule has 2 bridgehead atoms. The molecule has 2 aromatic rings. The molecule has 1 saturated carbocycles. The Labute approximate surface area is 251 Å². The summed E-state index contributed by atoms with van der Waals surface area (Å²) in [5.74, 6) is -0.985. The lowest BCUT2D eigenvalue weighted by Gasteiger charge is -2.45. The molecular formula is C33H39ClN2O6. The summed E-state index contributed by atoms with van der Waals surface area (Å²) in [5, 5.41) is 33.5. The van der Waals surface area contributed by atoms with Crippen molar-refractivity contribution < 1.29 is 29.6 Å². The molecule has 1 fully saturated rings. The van der Waals surface area contributed by atoms with Gasteiger partial charge in [-0.3, -0.25) is 4.79 Å². The molecule has 0 radical (unpaired) electrons. The molecule has 9 heteroatoms. The Balaban J connectivity index is 1.46. The lowest BCUT2D eigenvalue weighted by atomic mass is 9.68. The highest BCUT2D eigenvalue weighted by atomic mass is 35.5. The number of fused-ring (bicyclic) bond motifs is 4. The first-order valence-electron chi connectivity index (χ1n) is 15.0. The molecular weight excluding hydrogens is 556 g/mol. The molecule has 2 aliphatic heterocycles. The summed E-state index contributed by atoms with van der Waals surface area (Å²) < 4.78 is 6.52. The number of aliphatic carboxylic acids is 1. The second-order valence-electron chi connectivity index (χ2n) is 12.7. The molecule has 1 amide bonds. The van der Waals surface area contributed by atoms with Gasteiger partial charge in [0.15, 0.2) is 5.60 Å². The van der Waals surface area contributed by atoms with E-state index in [-0.39, 0.29) is 22.8 Å². The van der Waals surface area contributed by atoms with Crippen LogP contribution in [-0.4, -0.2) is 71.5 Å². The van der Waals surface area contributed by atoms with Gasteiger partial charge in [-0.2, -0.15) is 0 Å². The Morgan fingerprint density at radius 2 is 2.00 bits per heavy atom. The van der Waals surface area contributed by atoms with E-state index in [0.717, 1.165) is 32.1 Å². The quantitative estimate of drug-likeness (QED) is 0.423. The summed E-state index contributed by atoms with van der Waals surface area (Å²) in [6.45, 7) is 2.11. The van der Waals surface area contributed by atoms with Crippen LogP contribution in [0, 0.1) is 11.8 Å². The van der Waals surface area contributed by atoms with Crippen molar-refractivity contribution in [3.05, 3.63) is 70.3 Å². The first-order chi connectivity index (χ1) is 20.1. The zero-order valence-electron chi connectivity index (χ0n) is 24.0. The zero-order valence-corrected chi connectivity index (χ0v) is 24.7. The van der Waals surface area contributed by atoms with E-state index in [1.807, 2.05) is 24.3 Å². The van der Waals surface area contributed by atoms with Crippen LogP contribution >= 0.6 is 11.6 Å². The van der Waals surface area contributed by atoms with Gasteiger partial charge >= 0.3 is 5.97 Å². The molecule has 2 aliphatic carbocycles. The SMILES string of the molecule is CN1CC/C=C/C(O)[C@@H]2CC[C@H]2CN2C[C@@]3(CCCc4cc(Cl)ccc43)COc3ccc(cc32)[C@@](O)(C(=O)O)CC1=O. The van der Waals surface area contributed by atoms with E-state index >= 15 is 0 Å². The third-order valence-corrected chi connectivity index (χ3v) is 10.3. The number of carbonyl (C=O) groups excluding carboxylic acids is 1. The van der Waals surface area contributed by atoms with E-state index in [1.165, 1.54) is 16.0 Å². The Bertz CT molecular complexity index is 1410. The highest BCUT2D eigenvalue weighted by molar-refractivity contribution is 6.30. The molecule has 2 heterocycles. The largest absolute Gasteiger partial charge is 0.490 e. The van der Waals surface area contributed by atoms with Gasteiger partial charge in [-0.15, -0.1) is 0 Å². The number of halogens is 1. The minimum absolute atomic E-state index is 0.105. The predicted octanol–water partition coefficient (Wildman–Crippen LogP) is 4.28. The zero-order chi connectivity index (χ0) is 29.6. The lowest BCUT2D eigenvalue weighted by Crippen LogP contribution is -2.49. The Kier molecular flexibility index (Phi) is 7.75. The lowest BCUT2D eigenvalue weighted by molar-refractivity contribution is -0.164. The van der Waals surface area contributed by atoms with E-state index in [9.17, 15) is 24.9 Å². The van der Waals surface area contributed by atoms with Crippen molar-refractivity contribution in [1.29, 1.82) is 0 Å². The van der Waals surface area contributed by atoms with Crippen LogP contribution in [0.3, 0.4) is 0 Å². The second kappa shape index (κ2) is 11.2. The van der Waals surface area contributed by atoms with Crippen LogP contribution in [-0.2, 0) is 27.0 Å². The molecule has 0 aromatic heterocycles. The summed E-state index contributed by atoms with van der Waals surface area (Å²) in [7, 11) is 1.60. The molecule has 6 rings (SSSR count). The van der Waals surface area contributed by atoms with Crippen LogP contribution in [0.5, 0.6) is 5.75 Å². The number of carboxylic acids is 1. The number of aryl methyl sites for hydroxylation is 1. The number of aliphatic hydroxyl groups is 2. The van der Waals surface area contributed by atoms with Gasteiger partial charge in [0.2, 0.25) is 5.91 Å². The van der Waals surface area contributed by atoms with E-state index in [1.54, 1.807) is 25.2 Å². The Morgan fingerprint density at radius 3 is 2.76 bits per heavy atom. The van der Waals surface area contributed by atoms with Gasteiger partial charge in [-0.05, 0) is 91.3 Å². The number of carbonyl (C=O) groups is 2. The van der Waals surface area contributed by atoms with Gasteiger partial charge in [0.05, 0.1) is 24.8 Å². The van der Waals surface area contributed by atoms with Crippen molar-refractivity contribution in [1.82, 2.24) is 4.90 Å². The van der Waals surface area contributed by atoms with Crippen LogP contribution in [0.25, 0.3) is 0 Å². The Hall–Kier alpha value is -3.07. The van der Waals surface area contributed by atoms with Gasteiger partial charge in [-0.1, -0.05) is 35.9 Å². The number of ether oxygens (including phenoxy) is 1. The molecule has 224 valence electrons. The third kappa shape index (κ3) is 5.18. The first kappa shape index (κ1) is 29.0. The number of anilines is 1. The van der Waals surface area contributed by atoms with E-state index in [2.05, 4.69) is 11.0 Å². The molecule has 1 unspecified atom stereocenters. The second-order valence-corrected chi connectivity index (χ2v) is 13.1. The fourth-order valence-electron chi connectivity index (χ4n) is 7.35. The number of benzene rings is 2. The van der Waals surface area contributed by atoms with Gasteiger partial charge in [-0.25, -0.2) is 4.79 Å². The average Bonchev–Trinajstić information content (AvgIpc) is 3.09. The summed E-state index contributed by atoms with van der Waals surface area (Å²) in [5.41, 5.74) is 0.594. The minimum atomic E-state index is -2.40. The molecule has 8 nitrogen and oxygen atoms in total. The van der Waals surface area contributed by atoms with Crippen LogP contribution < -0.4 is 9.64 Å². The van der Waals surface area contributed by atoms with Gasteiger partial charge < -0.3 is 29.9 Å². The van der Waals surface area contributed by atoms with Crippen LogP contribution in [0.4, 0.5) is 5.69 Å². The van der Waals surface area contributed by atoms with Gasteiger partial charge in [0.25, 0.3) is 0 Å². The highest BCUT2D eigenvalue weighted by Gasteiger charge is 2.46. The van der Waals surface area contributed by atoms with Crippen molar-refractivity contribution in [2.75, 3.05) is 38.2 Å². The first-order valence-corrected chi connectivity index (χ1v) is 15.3. The Morgan fingerprint density at radius 1 is 1.17 bits per heavy atom. The number of carboxylic acid groups (broad SMARTS) is 1. The number of nitrogens with zero attached hydrogens (tertiary/aromatic N) is 2. The molecule has 5 atom stereocenters. The van der Waals surface area contributed by atoms with E-state index in [4.69, 9.17) is 16.3 Å². The molecule has 42 heavy (non-hydrogen) atoms. The molecule has 0 saturated heterocycles. The normalized spacial score (nSPS) is 32.2. The molecule has 3 N–H and O–H groups in total. The van der Waals surface area contributed by atoms with Crippen LogP contribution in [0.1, 0.15) is 55.2 Å². The minimum Gasteiger partial charge on any atom is -0.490 e. The number of amides is 1. The van der Waals surface area contributed by atoms with E-state index in [0.29, 0.717) is 49.1 Å². The monoisotopic (exact) mass is 594 g/mol. The smallest absolute Gasteiger partial charge is 0.340 e. The van der Waals surface area contributed by atoms with Crippen molar-refractivity contribution in [2.45, 2.75) is 62.1 Å².